The van der Waals surface area contributed by atoms with Gasteiger partial charge in [0.1, 0.15) is 0 Å². The number of benzene rings is 2. The first kappa shape index (κ1) is 17.7. The van der Waals surface area contributed by atoms with Crippen LogP contribution in [0.1, 0.15) is 44.1 Å². The summed E-state index contributed by atoms with van der Waals surface area (Å²) in [5.41, 5.74) is 2.80. The fraction of sp³-hybridized carbons (Fsp3) is 0.375. The summed E-state index contributed by atoms with van der Waals surface area (Å²) >= 11 is 0. The monoisotopic (exact) mass is 415 g/mol. The van der Waals surface area contributed by atoms with Crippen LogP contribution in [0.25, 0.3) is 11.1 Å². The van der Waals surface area contributed by atoms with E-state index in [1.807, 2.05) is 54.6 Å². The minimum Gasteiger partial charge on any atom is -0.481 e. The highest BCUT2D eigenvalue weighted by atomic mass is 16.5. The molecule has 0 bridgehead atoms. The first-order valence-corrected chi connectivity index (χ1v) is 9.75. The van der Waals surface area contributed by atoms with Crippen LogP contribution in [-0.4, -0.2) is 35.6 Å². The second-order valence-corrected chi connectivity index (χ2v) is 6.88. The van der Waals surface area contributed by atoms with E-state index in [9.17, 15) is 14.4 Å². The number of esters is 1. The summed E-state index contributed by atoms with van der Waals surface area (Å²) in [6.07, 6.45) is -6.46. The molecular formula is C24H29NO5. The molecule has 0 heterocycles. The number of amides is 1. The molecule has 30 heavy (non-hydrogen) atoms. The molecule has 0 aliphatic carbocycles. The lowest BCUT2D eigenvalue weighted by Gasteiger charge is -2.22. The van der Waals surface area contributed by atoms with Crippen molar-refractivity contribution >= 4 is 17.8 Å². The van der Waals surface area contributed by atoms with Gasteiger partial charge >= 0.3 is 11.9 Å². The smallest absolute Gasteiger partial charge is 0.308 e. The van der Waals surface area contributed by atoms with Crippen molar-refractivity contribution in [1.29, 1.82) is 0 Å². The average Bonchev–Trinajstić information content (AvgIpc) is 2.79. The maximum atomic E-state index is 12.6. The fourth-order valence-corrected chi connectivity index (χ4v) is 3.08. The van der Waals surface area contributed by atoms with Gasteiger partial charge in [-0.15, -0.1) is 0 Å². The van der Waals surface area contributed by atoms with Gasteiger partial charge in [-0.1, -0.05) is 61.5 Å². The molecule has 160 valence electrons. The Morgan fingerprint density at radius 1 is 1.03 bits per heavy atom. The Hall–Kier alpha value is -3.15. The molecule has 6 heteroatoms. The number of carbonyl (C=O) groups is 3. The third-order valence-electron chi connectivity index (χ3n) is 4.49. The second-order valence-electron chi connectivity index (χ2n) is 6.88. The minimum absolute atomic E-state index is 0.0944. The molecule has 6 nitrogen and oxygen atoms in total. The molecule has 2 rings (SSSR count). The van der Waals surface area contributed by atoms with Gasteiger partial charge in [-0.2, -0.15) is 0 Å². The number of hydrogen-bond acceptors (Lipinski definition) is 4. The Morgan fingerprint density at radius 2 is 1.67 bits per heavy atom. The SMILES string of the molecule is [2H]C([2H])(C(=O)O)C([2H])([2H])C(=O)NC(Cc1ccc(-c2ccccc2)cc1)C[C@@H](C)C(=O)OCC. The summed E-state index contributed by atoms with van der Waals surface area (Å²) in [4.78, 5) is 35.9. The number of nitrogens with one attached hydrogen (secondary N) is 1. The van der Waals surface area contributed by atoms with Crippen LogP contribution in [0.4, 0.5) is 0 Å². The lowest BCUT2D eigenvalue weighted by atomic mass is 9.94. The topological polar surface area (TPSA) is 92.7 Å². The molecule has 1 unspecified atom stereocenters. The van der Waals surface area contributed by atoms with Crippen LogP contribution < -0.4 is 5.32 Å². The molecule has 0 aliphatic heterocycles. The molecule has 0 aliphatic rings. The van der Waals surface area contributed by atoms with Crippen molar-refractivity contribution in [2.24, 2.45) is 5.92 Å². The van der Waals surface area contributed by atoms with Crippen LogP contribution in [0.3, 0.4) is 0 Å². The highest BCUT2D eigenvalue weighted by molar-refractivity contribution is 5.81. The summed E-state index contributed by atoms with van der Waals surface area (Å²) in [6.45, 7) is 3.46. The maximum absolute atomic E-state index is 12.6. The molecule has 0 saturated carbocycles. The van der Waals surface area contributed by atoms with Gasteiger partial charge in [-0.25, -0.2) is 0 Å². The summed E-state index contributed by atoms with van der Waals surface area (Å²) < 4.78 is 35.6. The van der Waals surface area contributed by atoms with Gasteiger partial charge in [-0.3, -0.25) is 14.4 Å². The van der Waals surface area contributed by atoms with E-state index < -0.39 is 42.6 Å². The first-order chi connectivity index (χ1) is 15.9. The summed E-state index contributed by atoms with van der Waals surface area (Å²) in [6, 6.07) is 16.4. The van der Waals surface area contributed by atoms with Gasteiger partial charge < -0.3 is 15.2 Å². The van der Waals surface area contributed by atoms with Crippen molar-refractivity contribution in [3.63, 3.8) is 0 Å². The van der Waals surface area contributed by atoms with Crippen LogP contribution in [0.15, 0.2) is 54.6 Å². The number of carbonyl (C=O) groups excluding carboxylic acids is 2. The van der Waals surface area contributed by atoms with Crippen LogP contribution in [-0.2, 0) is 25.5 Å². The quantitative estimate of drug-likeness (QED) is 0.544. The van der Waals surface area contributed by atoms with E-state index in [1.54, 1.807) is 13.8 Å². The molecule has 2 N–H and O–H groups in total. The first-order valence-electron chi connectivity index (χ1n) is 11.8. The highest BCUT2D eigenvalue weighted by Gasteiger charge is 2.22. The molecule has 0 radical (unpaired) electrons. The van der Waals surface area contributed by atoms with Gasteiger partial charge in [0.2, 0.25) is 5.91 Å². The van der Waals surface area contributed by atoms with Crippen molar-refractivity contribution in [3.8, 4) is 11.1 Å². The van der Waals surface area contributed by atoms with Crippen molar-refractivity contribution < 1.29 is 29.7 Å². The Bertz CT molecular complexity index is 996. The van der Waals surface area contributed by atoms with Gasteiger partial charge in [0.05, 0.1) is 18.9 Å². The van der Waals surface area contributed by atoms with Crippen molar-refractivity contribution in [1.82, 2.24) is 5.32 Å². The Morgan fingerprint density at radius 3 is 2.27 bits per heavy atom. The Kier molecular flexibility index (Phi) is 6.93. The highest BCUT2D eigenvalue weighted by Crippen LogP contribution is 2.21. The van der Waals surface area contributed by atoms with Crippen molar-refractivity contribution in [3.05, 3.63) is 60.2 Å². The number of carboxylic acid groups (broad SMARTS) is 1. The second kappa shape index (κ2) is 11.8. The molecule has 2 aromatic carbocycles. The molecule has 0 spiro atoms. The van der Waals surface area contributed by atoms with E-state index in [0.717, 1.165) is 16.7 Å². The minimum atomic E-state index is -3.44. The van der Waals surface area contributed by atoms with Crippen LogP contribution in [0.5, 0.6) is 0 Å². The van der Waals surface area contributed by atoms with Crippen molar-refractivity contribution in [2.75, 3.05) is 6.61 Å². The number of aliphatic carboxylic acids is 1. The molecule has 2 atom stereocenters. The molecule has 0 aromatic heterocycles. The van der Waals surface area contributed by atoms with E-state index >= 15 is 0 Å². The third kappa shape index (κ3) is 7.70. The number of hydrogen-bond donors (Lipinski definition) is 2. The molecular weight excluding hydrogens is 382 g/mol. The largest absolute Gasteiger partial charge is 0.481 e. The molecule has 2 aromatic rings. The summed E-state index contributed by atoms with van der Waals surface area (Å²) in [5.74, 6) is -4.59. The zero-order valence-corrected chi connectivity index (χ0v) is 17.1. The molecule has 0 fully saturated rings. The number of rotatable bonds is 11. The average molecular weight is 416 g/mol. The summed E-state index contributed by atoms with van der Waals surface area (Å²) in [5, 5.41) is 11.5. The van der Waals surface area contributed by atoms with Crippen LogP contribution >= 0.6 is 0 Å². The van der Waals surface area contributed by atoms with Gasteiger partial charge in [0.25, 0.3) is 0 Å². The Balaban J connectivity index is 2.24. The zero-order chi connectivity index (χ0) is 25.5. The van der Waals surface area contributed by atoms with E-state index in [2.05, 4.69) is 5.32 Å². The van der Waals surface area contributed by atoms with E-state index in [4.69, 9.17) is 15.3 Å². The standard InChI is InChI=1S/C24H29NO5/c1-3-30-24(29)17(2)15-21(25-22(26)13-14-23(27)28)16-18-9-11-20(12-10-18)19-7-5-4-6-8-19/h4-12,17,21H,3,13-16H2,1-2H3,(H,25,26)(H,27,28)/t17-,21?/m1/s1/i13D2,14D2. The lowest BCUT2D eigenvalue weighted by Crippen LogP contribution is -2.39. The van der Waals surface area contributed by atoms with Gasteiger partial charge in [-0.05, 0) is 36.5 Å². The van der Waals surface area contributed by atoms with Gasteiger partial charge in [0.15, 0.2) is 0 Å². The van der Waals surface area contributed by atoms with Crippen LogP contribution in [0.2, 0.25) is 0 Å². The maximum Gasteiger partial charge on any atom is 0.308 e. The predicted octanol–water partition coefficient (Wildman–Crippen LogP) is 3.84. The van der Waals surface area contributed by atoms with E-state index in [-0.39, 0.29) is 19.4 Å². The van der Waals surface area contributed by atoms with Crippen LogP contribution in [0, 0.1) is 5.92 Å². The third-order valence-corrected chi connectivity index (χ3v) is 4.49. The fourth-order valence-electron chi connectivity index (χ4n) is 3.08. The number of ether oxygens (including phenoxy) is 1. The van der Waals surface area contributed by atoms with E-state index in [0.29, 0.717) is 0 Å². The predicted molar refractivity (Wildman–Crippen MR) is 115 cm³/mol. The molecule has 1 amide bonds. The number of carboxylic acids is 1. The van der Waals surface area contributed by atoms with E-state index in [1.165, 1.54) is 0 Å². The lowest BCUT2D eigenvalue weighted by molar-refractivity contribution is -0.148. The normalized spacial score (nSPS) is 15.5. The van der Waals surface area contributed by atoms with Crippen molar-refractivity contribution in [2.45, 2.75) is 45.5 Å². The Labute approximate surface area is 182 Å². The summed E-state index contributed by atoms with van der Waals surface area (Å²) in [7, 11) is 0. The van der Waals surface area contributed by atoms with Gasteiger partial charge in [0, 0.05) is 17.9 Å². The zero-order valence-electron chi connectivity index (χ0n) is 21.1. The molecule has 0 saturated heterocycles.